The van der Waals surface area contributed by atoms with Crippen molar-refractivity contribution >= 4 is 51.3 Å². The van der Waals surface area contributed by atoms with Crippen LogP contribution < -0.4 is 10.7 Å². The summed E-state index contributed by atoms with van der Waals surface area (Å²) in [6.45, 7) is 0. The Hall–Kier alpha value is -4.42. The van der Waals surface area contributed by atoms with Gasteiger partial charge in [-0.2, -0.15) is 5.10 Å². The number of hydrogen-bond acceptors (Lipinski definition) is 3. The molecule has 7 heteroatoms. The molecule has 178 valence electrons. The molecule has 2 amide bonds. The van der Waals surface area contributed by atoms with Crippen molar-refractivity contribution in [1.29, 1.82) is 0 Å². The summed E-state index contributed by atoms with van der Waals surface area (Å²) in [4.78, 5) is 29.4. The van der Waals surface area contributed by atoms with Crippen molar-refractivity contribution in [3.05, 3.63) is 119 Å². The molecule has 0 spiro atoms. The number of nitrogens with zero attached hydrogens (tertiary/aromatic N) is 1. The summed E-state index contributed by atoms with van der Waals surface area (Å²) < 4.78 is 0. The maximum atomic E-state index is 13.2. The van der Waals surface area contributed by atoms with Gasteiger partial charge in [-0.1, -0.05) is 72.3 Å². The molecule has 36 heavy (non-hydrogen) atoms. The zero-order valence-electron chi connectivity index (χ0n) is 19.2. The average Bonchev–Trinajstić information content (AvgIpc) is 3.31. The van der Waals surface area contributed by atoms with E-state index in [4.69, 9.17) is 11.6 Å². The van der Waals surface area contributed by atoms with E-state index in [9.17, 15) is 9.59 Å². The number of amides is 2. The Morgan fingerprint density at radius 3 is 2.44 bits per heavy atom. The second-order valence-electron chi connectivity index (χ2n) is 8.40. The minimum Gasteiger partial charge on any atom is -0.361 e. The van der Waals surface area contributed by atoms with Crippen LogP contribution in [0.25, 0.3) is 21.7 Å². The third-order valence-corrected chi connectivity index (χ3v) is 6.28. The van der Waals surface area contributed by atoms with Gasteiger partial charge in [-0.05, 0) is 46.7 Å². The number of hydrogen-bond donors (Lipinski definition) is 3. The Bertz CT molecular complexity index is 1570. The van der Waals surface area contributed by atoms with Crippen molar-refractivity contribution in [1.82, 2.24) is 15.7 Å². The lowest BCUT2D eigenvalue weighted by Crippen LogP contribution is -2.46. The van der Waals surface area contributed by atoms with Gasteiger partial charge in [-0.25, -0.2) is 5.43 Å². The average molecular weight is 495 g/mol. The topological polar surface area (TPSA) is 86.3 Å². The number of rotatable bonds is 7. The van der Waals surface area contributed by atoms with E-state index in [0.717, 1.165) is 32.8 Å². The third kappa shape index (κ3) is 5.14. The van der Waals surface area contributed by atoms with Crippen LogP contribution in [-0.2, 0) is 11.2 Å². The molecule has 0 aliphatic carbocycles. The van der Waals surface area contributed by atoms with Crippen LogP contribution in [0.15, 0.2) is 102 Å². The molecule has 0 fully saturated rings. The van der Waals surface area contributed by atoms with Crippen LogP contribution in [-0.4, -0.2) is 29.1 Å². The monoisotopic (exact) mass is 494 g/mol. The fourth-order valence-electron chi connectivity index (χ4n) is 4.18. The highest BCUT2D eigenvalue weighted by atomic mass is 35.5. The molecule has 0 saturated carbocycles. The zero-order valence-corrected chi connectivity index (χ0v) is 20.0. The van der Waals surface area contributed by atoms with E-state index in [2.05, 4.69) is 20.8 Å². The Kier molecular flexibility index (Phi) is 6.78. The first kappa shape index (κ1) is 23.3. The first-order valence-electron chi connectivity index (χ1n) is 11.5. The van der Waals surface area contributed by atoms with Crippen LogP contribution in [0.4, 0.5) is 0 Å². The highest BCUT2D eigenvalue weighted by molar-refractivity contribution is 6.30. The number of hydrazone groups is 1. The molecule has 4 aromatic carbocycles. The van der Waals surface area contributed by atoms with Crippen molar-refractivity contribution in [3.63, 3.8) is 0 Å². The van der Waals surface area contributed by atoms with Crippen molar-refractivity contribution in [3.8, 4) is 0 Å². The van der Waals surface area contributed by atoms with Gasteiger partial charge >= 0.3 is 0 Å². The molecule has 0 saturated heterocycles. The van der Waals surface area contributed by atoms with Gasteiger partial charge in [0, 0.05) is 39.7 Å². The molecule has 3 N–H and O–H groups in total. The highest BCUT2D eigenvalue weighted by Gasteiger charge is 2.23. The molecular weight excluding hydrogens is 472 g/mol. The minimum absolute atomic E-state index is 0.291. The molecule has 0 aliphatic heterocycles. The van der Waals surface area contributed by atoms with Crippen LogP contribution in [0.5, 0.6) is 0 Å². The molecule has 5 aromatic rings. The number of fused-ring (bicyclic) bond motifs is 2. The van der Waals surface area contributed by atoms with Crippen LogP contribution in [0.1, 0.15) is 21.5 Å². The molecule has 1 heterocycles. The van der Waals surface area contributed by atoms with Gasteiger partial charge in [0.2, 0.25) is 0 Å². The summed E-state index contributed by atoms with van der Waals surface area (Å²) in [6, 6.07) is 27.4. The predicted molar refractivity (Wildman–Crippen MR) is 144 cm³/mol. The zero-order chi connectivity index (χ0) is 24.9. The van der Waals surface area contributed by atoms with Crippen molar-refractivity contribution < 1.29 is 9.59 Å². The van der Waals surface area contributed by atoms with Crippen LogP contribution in [0.3, 0.4) is 0 Å². The number of carbonyl (C=O) groups is 2. The second-order valence-corrected chi connectivity index (χ2v) is 8.84. The lowest BCUT2D eigenvalue weighted by Gasteiger charge is -2.17. The summed E-state index contributed by atoms with van der Waals surface area (Å²) in [7, 11) is 0. The van der Waals surface area contributed by atoms with Gasteiger partial charge in [0.15, 0.2) is 0 Å². The summed E-state index contributed by atoms with van der Waals surface area (Å²) >= 11 is 5.95. The summed E-state index contributed by atoms with van der Waals surface area (Å²) in [5.74, 6) is -0.788. The number of benzene rings is 4. The maximum absolute atomic E-state index is 13.2. The van der Waals surface area contributed by atoms with E-state index in [1.807, 2.05) is 72.9 Å². The van der Waals surface area contributed by atoms with E-state index in [0.29, 0.717) is 17.0 Å². The predicted octanol–water partition coefficient (Wildman–Crippen LogP) is 5.47. The lowest BCUT2D eigenvalue weighted by atomic mass is 10.0. The number of aromatic amines is 1. The molecule has 0 bridgehead atoms. The lowest BCUT2D eigenvalue weighted by molar-refractivity contribution is -0.122. The normalized spacial score (nSPS) is 12.1. The van der Waals surface area contributed by atoms with Crippen LogP contribution >= 0.6 is 11.6 Å². The Balaban J connectivity index is 1.37. The quantitative estimate of drug-likeness (QED) is 0.207. The Morgan fingerprint density at radius 1 is 0.889 bits per heavy atom. The van der Waals surface area contributed by atoms with Gasteiger partial charge in [-0.3, -0.25) is 9.59 Å². The number of nitrogens with one attached hydrogen (secondary N) is 3. The van der Waals surface area contributed by atoms with Gasteiger partial charge in [-0.15, -0.1) is 0 Å². The molecule has 6 nitrogen and oxygen atoms in total. The molecule has 1 atom stereocenters. The van der Waals surface area contributed by atoms with Gasteiger partial charge in [0.05, 0.1) is 6.21 Å². The van der Waals surface area contributed by atoms with Crippen LogP contribution in [0, 0.1) is 0 Å². The summed E-state index contributed by atoms with van der Waals surface area (Å²) in [6.07, 6.45) is 3.77. The molecule has 1 unspecified atom stereocenters. The second kappa shape index (κ2) is 10.5. The van der Waals surface area contributed by atoms with E-state index in [-0.39, 0.29) is 5.91 Å². The number of carbonyl (C=O) groups excluding carboxylic acids is 2. The summed E-state index contributed by atoms with van der Waals surface area (Å²) in [5, 5.41) is 10.7. The van der Waals surface area contributed by atoms with E-state index in [1.165, 1.54) is 0 Å². The third-order valence-electron chi connectivity index (χ3n) is 6.03. The van der Waals surface area contributed by atoms with Crippen molar-refractivity contribution in [2.45, 2.75) is 12.5 Å². The Labute approximate surface area is 213 Å². The molecule has 5 rings (SSSR count). The standard InChI is InChI=1S/C29H23ClN4O2/c30-23-14-12-20(13-15-23)28(35)33-27(16-22-17-31-26-11-4-3-10-25(22)26)29(36)34-32-18-21-8-5-7-19-6-1-2-9-24(19)21/h1-15,17-18,27,31H,16H2,(H,33,35)(H,34,36)/b32-18+. The maximum Gasteiger partial charge on any atom is 0.262 e. The van der Waals surface area contributed by atoms with E-state index < -0.39 is 11.9 Å². The van der Waals surface area contributed by atoms with Gasteiger partial charge in [0.25, 0.3) is 11.8 Å². The fraction of sp³-hybridized carbons (Fsp3) is 0.0690. The number of halogens is 1. The summed E-state index contributed by atoms with van der Waals surface area (Å²) in [5.41, 5.74) is 5.78. The molecule has 0 radical (unpaired) electrons. The van der Waals surface area contributed by atoms with Gasteiger partial charge in [0.1, 0.15) is 6.04 Å². The fourth-order valence-corrected chi connectivity index (χ4v) is 4.30. The van der Waals surface area contributed by atoms with E-state index in [1.54, 1.807) is 30.5 Å². The minimum atomic E-state index is -0.850. The first-order valence-corrected chi connectivity index (χ1v) is 11.9. The number of H-pyrrole nitrogens is 1. The van der Waals surface area contributed by atoms with Crippen molar-refractivity contribution in [2.24, 2.45) is 5.10 Å². The smallest absolute Gasteiger partial charge is 0.262 e. The van der Waals surface area contributed by atoms with Crippen molar-refractivity contribution in [2.75, 3.05) is 0 Å². The largest absolute Gasteiger partial charge is 0.361 e. The Morgan fingerprint density at radius 2 is 1.61 bits per heavy atom. The number of para-hydroxylation sites is 1. The van der Waals surface area contributed by atoms with E-state index >= 15 is 0 Å². The molecule has 0 aliphatic rings. The SMILES string of the molecule is O=C(NC(Cc1c[nH]c2ccccc12)C(=O)N/N=C/c1cccc2ccccc12)c1ccc(Cl)cc1. The van der Waals surface area contributed by atoms with Gasteiger partial charge < -0.3 is 10.3 Å². The van der Waals surface area contributed by atoms with Crippen LogP contribution in [0.2, 0.25) is 5.02 Å². The molecule has 1 aromatic heterocycles. The molecular formula is C29H23ClN4O2. The first-order chi connectivity index (χ1) is 17.6. The highest BCUT2D eigenvalue weighted by Crippen LogP contribution is 2.20. The number of aromatic nitrogens is 1.